The van der Waals surface area contributed by atoms with Gasteiger partial charge in [-0.25, -0.2) is 4.98 Å². The first-order valence-corrected chi connectivity index (χ1v) is 8.46. The number of amides is 1. The lowest BCUT2D eigenvalue weighted by Crippen LogP contribution is -2.39. The van der Waals surface area contributed by atoms with Crippen molar-refractivity contribution in [3.05, 3.63) is 53.7 Å². The molecule has 6 nitrogen and oxygen atoms in total. The largest absolute Gasteiger partial charge is 0.440 e. The molecule has 1 unspecified atom stereocenters. The van der Waals surface area contributed by atoms with Gasteiger partial charge in [0.25, 0.3) is 5.91 Å². The SMILES string of the molecule is CC(=O)c1c[nH]c(C(=O)N2CCCC(c3nc4ccccc4o3)C2)c1. The van der Waals surface area contributed by atoms with E-state index in [1.54, 1.807) is 17.2 Å². The maximum Gasteiger partial charge on any atom is 0.270 e. The van der Waals surface area contributed by atoms with Gasteiger partial charge in [0.05, 0.1) is 5.92 Å². The minimum atomic E-state index is -0.0895. The van der Waals surface area contributed by atoms with E-state index in [0.717, 1.165) is 23.9 Å². The van der Waals surface area contributed by atoms with Crippen molar-refractivity contribution in [2.24, 2.45) is 0 Å². The molecule has 1 aromatic carbocycles. The van der Waals surface area contributed by atoms with Crippen LogP contribution in [0.2, 0.25) is 0 Å². The summed E-state index contributed by atoms with van der Waals surface area (Å²) >= 11 is 0. The summed E-state index contributed by atoms with van der Waals surface area (Å²) in [6, 6.07) is 9.30. The van der Waals surface area contributed by atoms with Crippen LogP contribution in [0.15, 0.2) is 40.9 Å². The van der Waals surface area contributed by atoms with Gasteiger partial charge in [-0.05, 0) is 38.0 Å². The standard InChI is InChI=1S/C19H19N3O3/c1-12(23)14-9-16(20-10-14)19(24)22-8-4-5-13(11-22)18-21-15-6-2-3-7-17(15)25-18/h2-3,6-7,9-10,13,20H,4-5,8,11H2,1H3. The van der Waals surface area contributed by atoms with E-state index in [0.29, 0.717) is 30.2 Å². The third kappa shape index (κ3) is 2.95. The van der Waals surface area contributed by atoms with Crippen molar-refractivity contribution >= 4 is 22.8 Å². The molecule has 0 saturated carbocycles. The number of nitrogens with zero attached hydrogens (tertiary/aromatic N) is 2. The third-order valence-corrected chi connectivity index (χ3v) is 4.69. The van der Waals surface area contributed by atoms with E-state index in [1.165, 1.54) is 6.92 Å². The van der Waals surface area contributed by atoms with Crippen molar-refractivity contribution in [2.75, 3.05) is 13.1 Å². The summed E-state index contributed by atoms with van der Waals surface area (Å²) in [6.07, 6.45) is 3.42. The zero-order valence-corrected chi connectivity index (χ0v) is 14.0. The fourth-order valence-corrected chi connectivity index (χ4v) is 3.32. The normalized spacial score (nSPS) is 17.8. The molecule has 128 valence electrons. The van der Waals surface area contributed by atoms with Gasteiger partial charge >= 0.3 is 0 Å². The number of carbonyl (C=O) groups excluding carboxylic acids is 2. The number of aromatic amines is 1. The fraction of sp³-hybridized carbons (Fsp3) is 0.316. The van der Waals surface area contributed by atoms with Gasteiger partial charge in [0.15, 0.2) is 17.3 Å². The van der Waals surface area contributed by atoms with Gasteiger partial charge in [-0.15, -0.1) is 0 Å². The number of Topliss-reactive ketones (excluding diaryl/α,β-unsaturated/α-hetero) is 1. The van der Waals surface area contributed by atoms with Crippen LogP contribution >= 0.6 is 0 Å². The Morgan fingerprint density at radius 1 is 1.32 bits per heavy atom. The Labute approximate surface area is 144 Å². The molecule has 4 rings (SSSR count). The summed E-state index contributed by atoms with van der Waals surface area (Å²) in [5, 5.41) is 0. The highest BCUT2D eigenvalue weighted by molar-refractivity contribution is 5.99. The molecule has 2 aromatic heterocycles. The van der Waals surface area contributed by atoms with E-state index < -0.39 is 0 Å². The summed E-state index contributed by atoms with van der Waals surface area (Å²) in [6.45, 7) is 2.76. The Balaban J connectivity index is 1.53. The number of benzene rings is 1. The highest BCUT2D eigenvalue weighted by Gasteiger charge is 2.29. The molecular formula is C19H19N3O3. The smallest absolute Gasteiger partial charge is 0.270 e. The molecule has 0 spiro atoms. The first kappa shape index (κ1) is 15.6. The van der Waals surface area contributed by atoms with Crippen molar-refractivity contribution in [2.45, 2.75) is 25.7 Å². The van der Waals surface area contributed by atoms with E-state index in [2.05, 4.69) is 9.97 Å². The molecule has 1 aliphatic heterocycles. The van der Waals surface area contributed by atoms with Gasteiger partial charge < -0.3 is 14.3 Å². The number of H-pyrrole nitrogens is 1. The quantitative estimate of drug-likeness (QED) is 0.743. The number of ketones is 1. The number of hydrogen-bond donors (Lipinski definition) is 1. The van der Waals surface area contributed by atoms with E-state index in [-0.39, 0.29) is 17.6 Å². The fourth-order valence-electron chi connectivity index (χ4n) is 3.32. The number of hydrogen-bond acceptors (Lipinski definition) is 4. The molecule has 1 aliphatic rings. The number of carbonyl (C=O) groups is 2. The van der Waals surface area contributed by atoms with Crippen LogP contribution in [0, 0.1) is 0 Å². The van der Waals surface area contributed by atoms with Crippen molar-refractivity contribution in [1.82, 2.24) is 14.9 Å². The van der Waals surface area contributed by atoms with Gasteiger partial charge in [-0.3, -0.25) is 9.59 Å². The van der Waals surface area contributed by atoms with Gasteiger partial charge in [0.1, 0.15) is 11.2 Å². The first-order chi connectivity index (χ1) is 12.1. The maximum atomic E-state index is 12.7. The average Bonchev–Trinajstić information content (AvgIpc) is 3.28. The van der Waals surface area contributed by atoms with Crippen molar-refractivity contribution in [3.63, 3.8) is 0 Å². The summed E-state index contributed by atoms with van der Waals surface area (Å²) in [4.78, 5) is 33.4. The molecule has 3 heterocycles. The van der Waals surface area contributed by atoms with Crippen LogP contribution in [0.5, 0.6) is 0 Å². The second kappa shape index (κ2) is 6.20. The van der Waals surface area contributed by atoms with E-state index in [1.807, 2.05) is 24.3 Å². The molecule has 1 fully saturated rings. The van der Waals surface area contributed by atoms with Crippen LogP contribution in [0.25, 0.3) is 11.1 Å². The third-order valence-electron chi connectivity index (χ3n) is 4.69. The Hall–Kier alpha value is -2.89. The maximum absolute atomic E-state index is 12.7. The zero-order valence-electron chi connectivity index (χ0n) is 14.0. The highest BCUT2D eigenvalue weighted by Crippen LogP contribution is 2.29. The van der Waals surface area contributed by atoms with Crippen LogP contribution in [-0.4, -0.2) is 39.6 Å². The summed E-state index contributed by atoms with van der Waals surface area (Å²) in [5.74, 6) is 0.633. The number of fused-ring (bicyclic) bond motifs is 1. The van der Waals surface area contributed by atoms with Gasteiger partial charge in [0.2, 0.25) is 0 Å². The molecule has 1 atom stereocenters. The van der Waals surface area contributed by atoms with Gasteiger partial charge in [-0.2, -0.15) is 0 Å². The first-order valence-electron chi connectivity index (χ1n) is 8.46. The lowest BCUT2D eigenvalue weighted by Gasteiger charge is -2.31. The second-order valence-electron chi connectivity index (χ2n) is 6.47. The van der Waals surface area contributed by atoms with Crippen molar-refractivity contribution in [1.29, 1.82) is 0 Å². The van der Waals surface area contributed by atoms with Crippen LogP contribution in [0.1, 0.15) is 52.4 Å². The van der Waals surface area contributed by atoms with E-state index >= 15 is 0 Å². The topological polar surface area (TPSA) is 79.2 Å². The molecule has 0 radical (unpaired) electrons. The Kier molecular flexibility index (Phi) is 3.87. The average molecular weight is 337 g/mol. The second-order valence-corrected chi connectivity index (χ2v) is 6.47. The Bertz CT molecular complexity index is 907. The number of aromatic nitrogens is 2. The minimum absolute atomic E-state index is 0.0571. The van der Waals surface area contributed by atoms with Crippen LogP contribution in [-0.2, 0) is 0 Å². The summed E-state index contributed by atoms with van der Waals surface area (Å²) in [7, 11) is 0. The molecule has 0 aliphatic carbocycles. The number of piperidine rings is 1. The zero-order chi connectivity index (χ0) is 17.4. The number of nitrogens with one attached hydrogen (secondary N) is 1. The van der Waals surface area contributed by atoms with Crippen molar-refractivity contribution < 1.29 is 14.0 Å². The molecular weight excluding hydrogens is 318 g/mol. The Morgan fingerprint density at radius 3 is 2.92 bits per heavy atom. The number of para-hydroxylation sites is 2. The lowest BCUT2D eigenvalue weighted by molar-refractivity contribution is 0.0693. The van der Waals surface area contributed by atoms with Crippen LogP contribution in [0.4, 0.5) is 0 Å². The molecule has 1 amide bonds. The predicted octanol–water partition coefficient (Wildman–Crippen LogP) is 3.38. The number of oxazole rings is 1. The molecule has 25 heavy (non-hydrogen) atoms. The Morgan fingerprint density at radius 2 is 2.16 bits per heavy atom. The summed E-state index contributed by atoms with van der Waals surface area (Å²) < 4.78 is 5.88. The van der Waals surface area contributed by atoms with E-state index in [9.17, 15) is 9.59 Å². The van der Waals surface area contributed by atoms with Crippen molar-refractivity contribution in [3.8, 4) is 0 Å². The summed E-state index contributed by atoms with van der Waals surface area (Å²) in [5.41, 5.74) is 2.59. The highest BCUT2D eigenvalue weighted by atomic mass is 16.3. The number of likely N-dealkylation sites (tertiary alicyclic amines) is 1. The molecule has 6 heteroatoms. The predicted molar refractivity (Wildman–Crippen MR) is 92.7 cm³/mol. The molecule has 0 bridgehead atoms. The number of rotatable bonds is 3. The van der Waals surface area contributed by atoms with Gasteiger partial charge in [-0.1, -0.05) is 12.1 Å². The van der Waals surface area contributed by atoms with Gasteiger partial charge in [0, 0.05) is 24.8 Å². The van der Waals surface area contributed by atoms with E-state index in [4.69, 9.17) is 4.42 Å². The molecule has 1 N–H and O–H groups in total. The monoisotopic (exact) mass is 337 g/mol. The molecule has 3 aromatic rings. The van der Waals surface area contributed by atoms with Crippen LogP contribution < -0.4 is 0 Å². The van der Waals surface area contributed by atoms with Crippen LogP contribution in [0.3, 0.4) is 0 Å². The molecule has 1 saturated heterocycles. The minimum Gasteiger partial charge on any atom is -0.440 e. The lowest BCUT2D eigenvalue weighted by atomic mass is 9.97.